The Morgan fingerprint density at radius 2 is 2.62 bits per heavy atom. The van der Waals surface area contributed by atoms with E-state index in [1.54, 1.807) is 6.08 Å². The Morgan fingerprint density at radius 3 is 3.23 bits per heavy atom. The van der Waals surface area contributed by atoms with Crippen LogP contribution in [0.4, 0.5) is 0 Å². The van der Waals surface area contributed by atoms with Crippen molar-refractivity contribution in [3.8, 4) is 0 Å². The average Bonchev–Trinajstić information content (AvgIpc) is 2.14. The van der Waals surface area contributed by atoms with Crippen LogP contribution in [0.15, 0.2) is 24.0 Å². The highest BCUT2D eigenvalue weighted by Crippen LogP contribution is 2.10. The first kappa shape index (κ1) is 9.84. The number of hydrogen-bond acceptors (Lipinski definition) is 3. The van der Waals surface area contributed by atoms with Crippen LogP contribution in [0.5, 0.6) is 0 Å². The lowest BCUT2D eigenvalue weighted by Crippen LogP contribution is -2.00. The number of ether oxygens (including phenoxy) is 2. The molecule has 72 valence electrons. The molecule has 13 heavy (non-hydrogen) atoms. The van der Waals surface area contributed by atoms with Crippen molar-refractivity contribution in [3.63, 3.8) is 0 Å². The average molecular weight is 182 g/mol. The highest BCUT2D eigenvalue weighted by atomic mass is 16.5. The van der Waals surface area contributed by atoms with E-state index < -0.39 is 0 Å². The standard InChI is InChI=1S/C10H14O3/c1-9(11)12-8-4-6-10-5-2-3-7-13-10/h4-6H,2-3,7-8H2,1H3/b6-4+. The molecule has 3 heteroatoms. The fraction of sp³-hybridized carbons (Fsp3) is 0.500. The molecular weight excluding hydrogens is 168 g/mol. The number of carbonyl (C=O) groups is 1. The van der Waals surface area contributed by atoms with Gasteiger partial charge in [0.25, 0.3) is 0 Å². The van der Waals surface area contributed by atoms with Crippen molar-refractivity contribution in [2.45, 2.75) is 19.8 Å². The van der Waals surface area contributed by atoms with Gasteiger partial charge >= 0.3 is 5.97 Å². The molecule has 0 aromatic rings. The van der Waals surface area contributed by atoms with Crippen LogP contribution in [0.1, 0.15) is 19.8 Å². The molecule has 0 bridgehead atoms. The summed E-state index contributed by atoms with van der Waals surface area (Å²) in [5, 5.41) is 0. The Morgan fingerprint density at radius 1 is 1.77 bits per heavy atom. The summed E-state index contributed by atoms with van der Waals surface area (Å²) in [4.78, 5) is 10.4. The summed E-state index contributed by atoms with van der Waals surface area (Å²) in [5.41, 5.74) is 0. The molecule has 0 radical (unpaired) electrons. The quantitative estimate of drug-likeness (QED) is 0.624. The predicted molar refractivity (Wildman–Crippen MR) is 49.0 cm³/mol. The second kappa shape index (κ2) is 5.41. The molecule has 0 fully saturated rings. The van der Waals surface area contributed by atoms with Gasteiger partial charge in [0.15, 0.2) is 0 Å². The van der Waals surface area contributed by atoms with Crippen molar-refractivity contribution in [1.82, 2.24) is 0 Å². The van der Waals surface area contributed by atoms with Gasteiger partial charge in [0.2, 0.25) is 0 Å². The van der Waals surface area contributed by atoms with E-state index in [4.69, 9.17) is 9.47 Å². The van der Waals surface area contributed by atoms with Gasteiger partial charge in [-0.2, -0.15) is 0 Å². The van der Waals surface area contributed by atoms with Crippen molar-refractivity contribution < 1.29 is 14.3 Å². The summed E-state index contributed by atoms with van der Waals surface area (Å²) in [7, 11) is 0. The SMILES string of the molecule is CC(=O)OC/C=C/C1=CCCCO1. The summed E-state index contributed by atoms with van der Waals surface area (Å²) >= 11 is 0. The second-order valence-electron chi connectivity index (χ2n) is 2.80. The van der Waals surface area contributed by atoms with Crippen molar-refractivity contribution in [2.24, 2.45) is 0 Å². The maximum absolute atomic E-state index is 10.4. The topological polar surface area (TPSA) is 35.5 Å². The van der Waals surface area contributed by atoms with Crippen LogP contribution in [-0.4, -0.2) is 19.2 Å². The predicted octanol–water partition coefficient (Wildman–Crippen LogP) is 1.80. The number of hydrogen-bond donors (Lipinski definition) is 0. The molecule has 1 rings (SSSR count). The number of rotatable bonds is 3. The molecule has 0 aliphatic carbocycles. The monoisotopic (exact) mass is 182 g/mol. The van der Waals surface area contributed by atoms with E-state index in [9.17, 15) is 4.79 Å². The van der Waals surface area contributed by atoms with Gasteiger partial charge in [0.1, 0.15) is 12.4 Å². The number of carbonyl (C=O) groups excluding carboxylic acids is 1. The molecule has 3 nitrogen and oxygen atoms in total. The maximum atomic E-state index is 10.4. The van der Waals surface area contributed by atoms with Crippen LogP contribution in [-0.2, 0) is 14.3 Å². The van der Waals surface area contributed by atoms with Gasteiger partial charge < -0.3 is 9.47 Å². The first-order valence-corrected chi connectivity index (χ1v) is 4.42. The van der Waals surface area contributed by atoms with Crippen molar-refractivity contribution in [1.29, 1.82) is 0 Å². The molecule has 0 amide bonds. The molecule has 0 atom stereocenters. The molecule has 0 N–H and O–H groups in total. The Kier molecular flexibility index (Phi) is 4.09. The highest BCUT2D eigenvalue weighted by Gasteiger charge is 1.99. The highest BCUT2D eigenvalue weighted by molar-refractivity contribution is 5.65. The summed E-state index contributed by atoms with van der Waals surface area (Å²) in [6, 6.07) is 0. The third kappa shape index (κ3) is 4.35. The fourth-order valence-electron chi connectivity index (χ4n) is 1.02. The lowest BCUT2D eigenvalue weighted by Gasteiger charge is -2.10. The molecule has 0 aromatic carbocycles. The van der Waals surface area contributed by atoms with E-state index in [0.29, 0.717) is 6.61 Å². The van der Waals surface area contributed by atoms with Crippen LogP contribution in [0.3, 0.4) is 0 Å². The van der Waals surface area contributed by atoms with E-state index in [2.05, 4.69) is 0 Å². The van der Waals surface area contributed by atoms with Crippen LogP contribution >= 0.6 is 0 Å². The molecule has 0 saturated heterocycles. The Labute approximate surface area is 78.0 Å². The van der Waals surface area contributed by atoms with Gasteiger partial charge in [-0.3, -0.25) is 4.79 Å². The minimum atomic E-state index is -0.261. The fourth-order valence-corrected chi connectivity index (χ4v) is 1.02. The number of esters is 1. The van der Waals surface area contributed by atoms with E-state index in [1.165, 1.54) is 6.92 Å². The van der Waals surface area contributed by atoms with Crippen LogP contribution < -0.4 is 0 Å². The summed E-state index contributed by atoms with van der Waals surface area (Å²) in [5.74, 6) is 0.613. The van der Waals surface area contributed by atoms with Crippen LogP contribution in [0.2, 0.25) is 0 Å². The summed E-state index contributed by atoms with van der Waals surface area (Å²) in [6.07, 6.45) is 7.79. The van der Waals surface area contributed by atoms with Gasteiger partial charge in [0.05, 0.1) is 6.61 Å². The first-order valence-electron chi connectivity index (χ1n) is 4.42. The summed E-state index contributed by atoms with van der Waals surface area (Å²) in [6.45, 7) is 2.49. The lowest BCUT2D eigenvalue weighted by molar-refractivity contribution is -0.139. The maximum Gasteiger partial charge on any atom is 0.302 e. The van der Waals surface area contributed by atoms with Gasteiger partial charge in [0, 0.05) is 6.92 Å². The Bertz CT molecular complexity index is 228. The van der Waals surface area contributed by atoms with E-state index in [-0.39, 0.29) is 5.97 Å². The molecule has 0 spiro atoms. The normalized spacial score (nSPS) is 16.5. The lowest BCUT2D eigenvalue weighted by atomic mass is 10.2. The van der Waals surface area contributed by atoms with Crippen molar-refractivity contribution in [3.05, 3.63) is 24.0 Å². The molecule has 1 aliphatic rings. The largest absolute Gasteiger partial charge is 0.494 e. The van der Waals surface area contributed by atoms with E-state index in [0.717, 1.165) is 25.2 Å². The zero-order valence-corrected chi connectivity index (χ0v) is 7.79. The van der Waals surface area contributed by atoms with Gasteiger partial charge in [-0.25, -0.2) is 0 Å². The third-order valence-corrected chi connectivity index (χ3v) is 1.63. The second-order valence-corrected chi connectivity index (χ2v) is 2.80. The van der Waals surface area contributed by atoms with Crippen LogP contribution in [0, 0.1) is 0 Å². The Hall–Kier alpha value is -1.25. The van der Waals surface area contributed by atoms with Gasteiger partial charge in [-0.05, 0) is 31.1 Å². The minimum absolute atomic E-state index is 0.261. The van der Waals surface area contributed by atoms with Gasteiger partial charge in [-0.1, -0.05) is 0 Å². The zero-order chi connectivity index (χ0) is 9.52. The minimum Gasteiger partial charge on any atom is -0.494 e. The van der Waals surface area contributed by atoms with E-state index in [1.807, 2.05) is 12.2 Å². The zero-order valence-electron chi connectivity index (χ0n) is 7.79. The molecular formula is C10H14O3. The smallest absolute Gasteiger partial charge is 0.302 e. The van der Waals surface area contributed by atoms with Crippen molar-refractivity contribution >= 4 is 5.97 Å². The molecule has 1 aliphatic heterocycles. The Balaban J connectivity index is 2.22. The van der Waals surface area contributed by atoms with Gasteiger partial charge in [-0.15, -0.1) is 0 Å². The van der Waals surface area contributed by atoms with E-state index >= 15 is 0 Å². The summed E-state index contributed by atoms with van der Waals surface area (Å²) < 4.78 is 10.0. The molecule has 0 saturated carbocycles. The molecule has 0 unspecified atom stereocenters. The number of allylic oxidation sites excluding steroid dienone is 2. The van der Waals surface area contributed by atoms with Crippen molar-refractivity contribution in [2.75, 3.05) is 13.2 Å². The molecule has 0 aromatic heterocycles. The third-order valence-electron chi connectivity index (χ3n) is 1.63. The first-order chi connectivity index (χ1) is 6.29. The molecule has 1 heterocycles. The van der Waals surface area contributed by atoms with Crippen LogP contribution in [0.25, 0.3) is 0 Å².